The molecule has 0 aliphatic carbocycles. The summed E-state index contributed by atoms with van der Waals surface area (Å²) in [6, 6.07) is 16.4. The zero-order valence-electron chi connectivity index (χ0n) is 20.1. The van der Waals surface area contributed by atoms with Crippen LogP contribution in [0.2, 0.25) is 0 Å². The molecule has 4 aromatic rings. The van der Waals surface area contributed by atoms with E-state index in [9.17, 15) is 0 Å². The highest BCUT2D eigenvalue weighted by atomic mass is 16.5. The second-order valence-electron chi connectivity index (χ2n) is 9.12. The Balaban J connectivity index is 1.24. The summed E-state index contributed by atoms with van der Waals surface area (Å²) in [5.74, 6) is 2.99. The minimum absolute atomic E-state index is 0.505. The average molecular weight is 482 g/mol. The molecule has 2 atom stereocenters. The average Bonchev–Trinajstić information content (AvgIpc) is 2.91. The highest BCUT2D eigenvalue weighted by Crippen LogP contribution is 2.36. The van der Waals surface area contributed by atoms with E-state index in [0.29, 0.717) is 29.3 Å². The number of aromatic nitrogens is 3. The van der Waals surface area contributed by atoms with Crippen LogP contribution in [0.4, 0.5) is 28.7 Å². The van der Waals surface area contributed by atoms with Crippen molar-refractivity contribution in [3.8, 4) is 11.5 Å². The maximum atomic E-state index is 7.38. The van der Waals surface area contributed by atoms with Crippen LogP contribution in [-0.2, 0) is 0 Å². The van der Waals surface area contributed by atoms with Crippen LogP contribution in [0.15, 0.2) is 60.0 Å². The van der Waals surface area contributed by atoms with Gasteiger partial charge in [-0.3, -0.25) is 0 Å². The number of aryl methyl sites for hydroxylation is 1. The van der Waals surface area contributed by atoms with Crippen molar-refractivity contribution in [1.82, 2.24) is 20.3 Å². The summed E-state index contributed by atoms with van der Waals surface area (Å²) < 4.78 is 6.08. The van der Waals surface area contributed by atoms with Crippen molar-refractivity contribution in [3.05, 3.63) is 60.4 Å². The first-order valence-corrected chi connectivity index (χ1v) is 12.0. The van der Waals surface area contributed by atoms with E-state index in [1.165, 1.54) is 6.42 Å². The number of piperazine rings is 1. The molecule has 10 nitrogen and oxygen atoms in total. The Kier molecular flexibility index (Phi) is 5.57. The van der Waals surface area contributed by atoms with Gasteiger partial charge in [-0.15, -0.1) is 0 Å². The highest BCUT2D eigenvalue weighted by molar-refractivity contribution is 5.88. The van der Waals surface area contributed by atoms with Gasteiger partial charge in [0.1, 0.15) is 34.8 Å². The number of nitrogens with one attached hydrogen (secondary N) is 4. The zero-order valence-corrected chi connectivity index (χ0v) is 20.1. The van der Waals surface area contributed by atoms with Gasteiger partial charge in [-0.25, -0.2) is 20.5 Å². The van der Waals surface area contributed by atoms with E-state index in [0.717, 1.165) is 52.6 Å². The van der Waals surface area contributed by atoms with Gasteiger partial charge in [0.2, 0.25) is 0 Å². The molecule has 0 spiro atoms. The lowest BCUT2D eigenvalue weighted by Crippen LogP contribution is -2.68. The Morgan fingerprint density at radius 1 is 1.08 bits per heavy atom. The molecule has 2 aliphatic rings. The van der Waals surface area contributed by atoms with Gasteiger partial charge in [0, 0.05) is 44.0 Å². The number of anilines is 4. The van der Waals surface area contributed by atoms with Crippen LogP contribution in [0.25, 0.3) is 11.0 Å². The summed E-state index contributed by atoms with van der Waals surface area (Å²) in [5.41, 5.74) is 12.1. The smallest absolute Gasteiger partial charge is 0.160 e. The molecule has 4 N–H and O–H groups in total. The largest absolute Gasteiger partial charge is 0.457 e. The fraction of sp³-hybridized carbons (Fsp3) is 0.269. The number of piperidine rings is 1. The third-order valence-corrected chi connectivity index (χ3v) is 6.85. The summed E-state index contributed by atoms with van der Waals surface area (Å²) in [7, 11) is 1.80. The molecule has 182 valence electrons. The predicted octanol–water partition coefficient (Wildman–Crippen LogP) is 5.12. The summed E-state index contributed by atoms with van der Waals surface area (Å²) in [6.45, 7) is 3.99. The maximum Gasteiger partial charge on any atom is 0.160 e. The lowest BCUT2D eigenvalue weighted by atomic mass is 9.89. The molecule has 2 bridgehead atoms. The summed E-state index contributed by atoms with van der Waals surface area (Å²) in [4.78, 5) is 16.3. The molecule has 2 fully saturated rings. The molecule has 4 heterocycles. The molecule has 0 amide bonds. The maximum absolute atomic E-state index is 7.38. The number of pyridine rings is 1. The number of fused-ring (bicyclic) bond motifs is 3. The van der Waals surface area contributed by atoms with Gasteiger partial charge in [0.15, 0.2) is 5.82 Å². The van der Waals surface area contributed by atoms with E-state index < -0.39 is 0 Å². The van der Waals surface area contributed by atoms with Crippen molar-refractivity contribution in [2.24, 2.45) is 5.11 Å². The monoisotopic (exact) mass is 481 g/mol. The van der Waals surface area contributed by atoms with Crippen LogP contribution in [0.5, 0.6) is 11.5 Å². The molecule has 2 aromatic carbocycles. The van der Waals surface area contributed by atoms with Gasteiger partial charge in [-0.2, -0.15) is 5.11 Å². The lowest BCUT2D eigenvalue weighted by Gasteiger charge is -2.53. The van der Waals surface area contributed by atoms with E-state index in [-0.39, 0.29) is 0 Å². The van der Waals surface area contributed by atoms with Crippen molar-refractivity contribution < 1.29 is 4.74 Å². The molecule has 2 aliphatic heterocycles. The number of hydrogen-bond donors (Lipinski definition) is 4. The molecule has 0 radical (unpaired) electrons. The van der Waals surface area contributed by atoms with E-state index in [4.69, 9.17) is 15.3 Å². The van der Waals surface area contributed by atoms with Gasteiger partial charge in [-0.05, 0) is 61.4 Å². The number of nitrogens with zero attached hydrogens (tertiary/aromatic N) is 5. The standard InChI is InChI=1S/C26H27N9O/c1-15-9-16(3-7-23(15)36-19-4-5-20(28-2)22(11-19)34-27)32-26-25-21(30-14-31-26)6-8-24(33-25)35-17-10-18(35)13-29-12-17/h3-9,11,14,17-18,27-29H,10,12-13H2,1-2H3,(H,30,31,32). The first-order valence-electron chi connectivity index (χ1n) is 12.0. The topological polar surface area (TPSA) is 123 Å². The van der Waals surface area contributed by atoms with Crippen molar-refractivity contribution in [2.45, 2.75) is 25.4 Å². The van der Waals surface area contributed by atoms with Gasteiger partial charge < -0.3 is 25.6 Å². The fourth-order valence-electron chi connectivity index (χ4n) is 5.00. The SMILES string of the molecule is CNc1ccc(Oc2ccc(Nc3ncnc4ccc(N5C6CNCC5C6)nc34)cc2C)cc1N=N. The Bertz CT molecular complexity index is 1440. The van der Waals surface area contributed by atoms with Crippen LogP contribution >= 0.6 is 0 Å². The minimum Gasteiger partial charge on any atom is -0.457 e. The molecule has 2 saturated heterocycles. The van der Waals surface area contributed by atoms with Gasteiger partial charge in [-0.1, -0.05) is 0 Å². The van der Waals surface area contributed by atoms with E-state index in [2.05, 4.69) is 42.0 Å². The van der Waals surface area contributed by atoms with Crippen LogP contribution in [0.1, 0.15) is 12.0 Å². The molecule has 6 rings (SSSR count). The van der Waals surface area contributed by atoms with Crippen molar-refractivity contribution in [2.75, 3.05) is 35.7 Å². The summed E-state index contributed by atoms with van der Waals surface area (Å²) in [6.07, 6.45) is 2.78. The van der Waals surface area contributed by atoms with Crippen LogP contribution in [0.3, 0.4) is 0 Å². The first kappa shape index (κ1) is 22.2. The number of ether oxygens (including phenoxy) is 1. The molecule has 10 heteroatoms. The highest BCUT2D eigenvalue weighted by Gasteiger charge is 2.42. The molecule has 2 aromatic heterocycles. The lowest BCUT2D eigenvalue weighted by molar-refractivity contribution is 0.261. The Morgan fingerprint density at radius 3 is 2.69 bits per heavy atom. The quantitative estimate of drug-likeness (QED) is 0.268. The normalized spacial score (nSPS) is 18.4. The fourth-order valence-corrected chi connectivity index (χ4v) is 5.00. The Labute approximate surface area is 208 Å². The Morgan fingerprint density at radius 2 is 1.94 bits per heavy atom. The second kappa shape index (κ2) is 9.04. The van der Waals surface area contributed by atoms with Crippen molar-refractivity contribution >= 4 is 39.7 Å². The van der Waals surface area contributed by atoms with E-state index in [1.54, 1.807) is 19.4 Å². The van der Waals surface area contributed by atoms with Crippen LogP contribution < -0.4 is 25.6 Å². The first-order chi connectivity index (χ1) is 17.6. The van der Waals surface area contributed by atoms with Crippen molar-refractivity contribution in [3.63, 3.8) is 0 Å². The number of benzene rings is 2. The molecule has 2 unspecified atom stereocenters. The van der Waals surface area contributed by atoms with Crippen molar-refractivity contribution in [1.29, 1.82) is 5.53 Å². The molecular weight excluding hydrogens is 454 g/mol. The molecule has 36 heavy (non-hydrogen) atoms. The van der Waals surface area contributed by atoms with Crippen LogP contribution in [-0.4, -0.2) is 47.2 Å². The second-order valence-corrected chi connectivity index (χ2v) is 9.12. The summed E-state index contributed by atoms with van der Waals surface area (Å²) >= 11 is 0. The number of rotatable bonds is 7. The van der Waals surface area contributed by atoms with E-state index >= 15 is 0 Å². The van der Waals surface area contributed by atoms with Crippen LogP contribution in [0, 0.1) is 12.5 Å². The van der Waals surface area contributed by atoms with E-state index in [1.807, 2.05) is 43.3 Å². The third kappa shape index (κ3) is 3.95. The number of hydrogen-bond acceptors (Lipinski definition) is 10. The molecular formula is C26H27N9O. The zero-order chi connectivity index (χ0) is 24.6. The minimum atomic E-state index is 0.505. The van der Waals surface area contributed by atoms with Gasteiger partial charge in [0.05, 0.1) is 11.2 Å². The van der Waals surface area contributed by atoms with Gasteiger partial charge in [0.25, 0.3) is 0 Å². The molecule has 0 saturated carbocycles. The predicted molar refractivity (Wildman–Crippen MR) is 140 cm³/mol. The Hall–Kier alpha value is -4.31. The summed E-state index contributed by atoms with van der Waals surface area (Å²) in [5, 5.41) is 13.5. The third-order valence-electron chi connectivity index (χ3n) is 6.85. The van der Waals surface area contributed by atoms with Gasteiger partial charge >= 0.3 is 0 Å².